The topological polar surface area (TPSA) is 88.2 Å². The van der Waals surface area contributed by atoms with E-state index in [1.807, 2.05) is 10.3 Å². The second-order valence-electron chi connectivity index (χ2n) is 5.29. The van der Waals surface area contributed by atoms with E-state index in [-0.39, 0.29) is 30.7 Å². The van der Waals surface area contributed by atoms with Crippen molar-refractivity contribution in [2.45, 2.75) is 19.8 Å². The van der Waals surface area contributed by atoms with Crippen molar-refractivity contribution in [3.63, 3.8) is 0 Å². The van der Waals surface area contributed by atoms with E-state index in [9.17, 15) is 4.79 Å². The summed E-state index contributed by atoms with van der Waals surface area (Å²) in [6.07, 6.45) is 1.58. The quantitative estimate of drug-likeness (QED) is 0.787. The first kappa shape index (κ1) is 22.0. The van der Waals surface area contributed by atoms with Crippen LogP contribution in [0.2, 0.25) is 0 Å². The number of aryl methyl sites for hydroxylation is 1. The van der Waals surface area contributed by atoms with Crippen molar-refractivity contribution in [2.75, 3.05) is 37.6 Å². The largest absolute Gasteiger partial charge is 0.343 e. The van der Waals surface area contributed by atoms with E-state index in [0.29, 0.717) is 25.3 Å². The molecule has 0 atom stereocenters. The lowest BCUT2D eigenvalue weighted by Crippen LogP contribution is -2.48. The van der Waals surface area contributed by atoms with Crippen LogP contribution in [0.5, 0.6) is 0 Å². The van der Waals surface area contributed by atoms with E-state index in [4.69, 9.17) is 5.73 Å². The van der Waals surface area contributed by atoms with Crippen molar-refractivity contribution in [2.24, 2.45) is 5.73 Å². The maximum absolute atomic E-state index is 12.5. The van der Waals surface area contributed by atoms with E-state index in [1.165, 1.54) is 22.9 Å². The standard InChI is InChI=1S/C14H20N6OS2.2ClH/c1-2-11-17-14(23-18-11)20-7-5-19(6-8-20)13(21)10-9-22-12(16-10)3-4-15;;/h9H,2-8,15H2,1H3;2*1H. The Kier molecular flexibility index (Phi) is 9.01. The number of halogens is 2. The number of piperazine rings is 1. The average molecular weight is 425 g/mol. The Morgan fingerprint density at radius 3 is 2.56 bits per heavy atom. The van der Waals surface area contributed by atoms with Gasteiger partial charge in [-0.25, -0.2) is 9.97 Å². The van der Waals surface area contributed by atoms with Crippen molar-refractivity contribution < 1.29 is 4.79 Å². The van der Waals surface area contributed by atoms with Crippen LogP contribution < -0.4 is 10.6 Å². The van der Waals surface area contributed by atoms with Crippen molar-refractivity contribution in [3.8, 4) is 0 Å². The summed E-state index contributed by atoms with van der Waals surface area (Å²) in [4.78, 5) is 25.5. The zero-order chi connectivity index (χ0) is 16.2. The summed E-state index contributed by atoms with van der Waals surface area (Å²) >= 11 is 2.94. The third kappa shape index (κ3) is 5.24. The number of hydrogen-bond donors (Lipinski definition) is 1. The summed E-state index contributed by atoms with van der Waals surface area (Å²) in [7, 11) is 0. The van der Waals surface area contributed by atoms with Crippen LogP contribution in [0.4, 0.5) is 5.13 Å². The lowest BCUT2D eigenvalue weighted by molar-refractivity contribution is 0.0741. The van der Waals surface area contributed by atoms with Crippen molar-refractivity contribution in [3.05, 3.63) is 21.9 Å². The fourth-order valence-corrected chi connectivity index (χ4v) is 4.02. The normalized spacial score (nSPS) is 14.0. The minimum Gasteiger partial charge on any atom is -0.343 e. The molecule has 3 heterocycles. The molecule has 1 aliphatic heterocycles. The van der Waals surface area contributed by atoms with Crippen LogP contribution in [-0.2, 0) is 12.8 Å². The second-order valence-corrected chi connectivity index (χ2v) is 6.96. The van der Waals surface area contributed by atoms with E-state index >= 15 is 0 Å². The number of amides is 1. The molecule has 0 aliphatic carbocycles. The van der Waals surface area contributed by atoms with Gasteiger partial charge in [-0.3, -0.25) is 4.79 Å². The molecule has 0 unspecified atom stereocenters. The van der Waals surface area contributed by atoms with Gasteiger partial charge in [-0.2, -0.15) is 4.37 Å². The Morgan fingerprint density at radius 2 is 1.96 bits per heavy atom. The Morgan fingerprint density at radius 1 is 1.24 bits per heavy atom. The summed E-state index contributed by atoms with van der Waals surface area (Å²) in [5.41, 5.74) is 6.06. The van der Waals surface area contributed by atoms with Gasteiger partial charge in [0.2, 0.25) is 5.13 Å². The first-order valence-corrected chi connectivity index (χ1v) is 9.37. The van der Waals surface area contributed by atoms with Crippen LogP contribution in [-0.4, -0.2) is 57.9 Å². The van der Waals surface area contributed by atoms with E-state index in [2.05, 4.69) is 26.2 Å². The predicted molar refractivity (Wildman–Crippen MR) is 107 cm³/mol. The lowest BCUT2D eigenvalue weighted by atomic mass is 10.3. The van der Waals surface area contributed by atoms with Gasteiger partial charge in [-0.1, -0.05) is 6.92 Å². The van der Waals surface area contributed by atoms with Crippen LogP contribution in [0, 0.1) is 0 Å². The van der Waals surface area contributed by atoms with Gasteiger partial charge in [0.05, 0.1) is 5.01 Å². The van der Waals surface area contributed by atoms with Crippen molar-refractivity contribution in [1.29, 1.82) is 0 Å². The van der Waals surface area contributed by atoms with Gasteiger partial charge in [0.15, 0.2) is 0 Å². The monoisotopic (exact) mass is 424 g/mol. The molecule has 0 radical (unpaired) electrons. The SMILES string of the molecule is CCc1nsc(N2CCN(C(=O)c3csc(CCN)n3)CC2)n1.Cl.Cl. The van der Waals surface area contributed by atoms with E-state index in [0.717, 1.165) is 41.9 Å². The molecule has 0 spiro atoms. The molecule has 1 fully saturated rings. The van der Waals surface area contributed by atoms with Gasteiger partial charge in [0.1, 0.15) is 11.5 Å². The molecule has 2 N–H and O–H groups in total. The minimum atomic E-state index is 0. The van der Waals surface area contributed by atoms with Gasteiger partial charge >= 0.3 is 0 Å². The molecule has 3 rings (SSSR count). The van der Waals surface area contributed by atoms with Crippen LogP contribution in [0.1, 0.15) is 28.2 Å². The number of carbonyl (C=O) groups is 1. The number of rotatable bonds is 5. The fraction of sp³-hybridized carbons (Fsp3) is 0.571. The summed E-state index contributed by atoms with van der Waals surface area (Å²) in [6.45, 7) is 5.54. The Labute approximate surface area is 167 Å². The third-order valence-corrected chi connectivity index (χ3v) is 5.46. The molecule has 2 aromatic heterocycles. The van der Waals surface area contributed by atoms with E-state index in [1.54, 1.807) is 0 Å². The molecule has 1 amide bonds. The molecule has 7 nitrogen and oxygen atoms in total. The first-order chi connectivity index (χ1) is 11.2. The van der Waals surface area contributed by atoms with Crippen LogP contribution in [0.15, 0.2) is 5.38 Å². The van der Waals surface area contributed by atoms with Gasteiger partial charge in [-0.15, -0.1) is 36.2 Å². The van der Waals surface area contributed by atoms with Crippen LogP contribution >= 0.6 is 47.7 Å². The lowest BCUT2D eigenvalue weighted by Gasteiger charge is -2.34. The van der Waals surface area contributed by atoms with Crippen LogP contribution in [0.25, 0.3) is 0 Å². The maximum Gasteiger partial charge on any atom is 0.273 e. The highest BCUT2D eigenvalue weighted by molar-refractivity contribution is 7.10. The van der Waals surface area contributed by atoms with Gasteiger partial charge in [0.25, 0.3) is 5.91 Å². The summed E-state index contributed by atoms with van der Waals surface area (Å²) in [5.74, 6) is 0.897. The second kappa shape index (κ2) is 10.2. The molecule has 0 aromatic carbocycles. The van der Waals surface area contributed by atoms with E-state index < -0.39 is 0 Å². The smallest absolute Gasteiger partial charge is 0.273 e. The molecule has 0 bridgehead atoms. The molecule has 140 valence electrons. The predicted octanol–water partition coefficient (Wildman–Crippen LogP) is 1.86. The number of thiazole rings is 1. The zero-order valence-electron chi connectivity index (χ0n) is 13.9. The summed E-state index contributed by atoms with van der Waals surface area (Å²) < 4.78 is 4.32. The fourth-order valence-electron chi connectivity index (χ4n) is 2.43. The Hall–Kier alpha value is -1.00. The summed E-state index contributed by atoms with van der Waals surface area (Å²) in [5, 5.41) is 3.71. The van der Waals surface area contributed by atoms with Crippen molar-refractivity contribution >= 4 is 58.7 Å². The molecular formula is C14H22Cl2N6OS2. The highest BCUT2D eigenvalue weighted by Crippen LogP contribution is 2.20. The minimum absolute atomic E-state index is 0. The summed E-state index contributed by atoms with van der Waals surface area (Å²) in [6, 6.07) is 0. The van der Waals surface area contributed by atoms with Gasteiger partial charge in [0, 0.05) is 55.9 Å². The molecule has 1 saturated heterocycles. The molecule has 25 heavy (non-hydrogen) atoms. The number of anilines is 1. The number of nitrogens with zero attached hydrogens (tertiary/aromatic N) is 5. The maximum atomic E-state index is 12.5. The number of aromatic nitrogens is 3. The molecule has 1 aliphatic rings. The molecule has 2 aromatic rings. The van der Waals surface area contributed by atoms with Gasteiger partial charge in [-0.05, 0) is 6.54 Å². The average Bonchev–Trinajstić information content (AvgIpc) is 3.24. The van der Waals surface area contributed by atoms with Crippen LogP contribution in [0.3, 0.4) is 0 Å². The molecule has 0 saturated carbocycles. The zero-order valence-corrected chi connectivity index (χ0v) is 17.1. The highest BCUT2D eigenvalue weighted by atomic mass is 35.5. The highest BCUT2D eigenvalue weighted by Gasteiger charge is 2.25. The molecular weight excluding hydrogens is 403 g/mol. The first-order valence-electron chi connectivity index (χ1n) is 7.72. The number of carbonyl (C=O) groups excluding carboxylic acids is 1. The molecule has 11 heteroatoms. The Bertz CT molecular complexity index is 672. The third-order valence-electron chi connectivity index (χ3n) is 3.74. The van der Waals surface area contributed by atoms with Crippen molar-refractivity contribution in [1.82, 2.24) is 19.2 Å². The number of nitrogens with two attached hydrogens (primary N) is 1. The van der Waals surface area contributed by atoms with Gasteiger partial charge < -0.3 is 15.5 Å². The Balaban J connectivity index is 0.00000156. The number of hydrogen-bond acceptors (Lipinski definition) is 8.